The van der Waals surface area contributed by atoms with E-state index in [2.05, 4.69) is 5.32 Å². The number of hydrogen-bond donors (Lipinski definition) is 1. The molecule has 2 amide bonds. The molecule has 6 nitrogen and oxygen atoms in total. The average Bonchev–Trinajstić information content (AvgIpc) is 3.05. The molecule has 0 bridgehead atoms. The zero-order chi connectivity index (χ0) is 20.3. The lowest BCUT2D eigenvalue weighted by atomic mass is 9.91. The van der Waals surface area contributed by atoms with Crippen LogP contribution in [0.1, 0.15) is 31.2 Å². The summed E-state index contributed by atoms with van der Waals surface area (Å²) in [6.45, 7) is 1.18. The number of hydrogen-bond acceptors (Lipinski definition) is 4. The molecule has 2 atom stereocenters. The van der Waals surface area contributed by atoms with Gasteiger partial charge in [0.25, 0.3) is 6.43 Å². The van der Waals surface area contributed by atoms with E-state index in [1.807, 2.05) is 0 Å². The molecule has 0 spiro atoms. The number of likely N-dealkylation sites (tertiary alicyclic amines) is 1. The fraction of sp³-hybridized carbons (Fsp3) is 0.579. The normalized spacial score (nSPS) is 21.7. The molecule has 1 aromatic carbocycles. The van der Waals surface area contributed by atoms with Crippen LogP contribution in [0.5, 0.6) is 5.75 Å². The van der Waals surface area contributed by atoms with Crippen LogP contribution in [-0.2, 0) is 9.53 Å². The van der Waals surface area contributed by atoms with Gasteiger partial charge in [-0.25, -0.2) is 18.0 Å². The van der Waals surface area contributed by atoms with Crippen molar-refractivity contribution in [2.75, 3.05) is 26.4 Å². The summed E-state index contributed by atoms with van der Waals surface area (Å²) in [6.07, 6.45) is -2.51. The van der Waals surface area contributed by atoms with E-state index in [0.29, 0.717) is 25.9 Å². The summed E-state index contributed by atoms with van der Waals surface area (Å²) < 4.78 is 48.6. The van der Waals surface area contributed by atoms with Crippen LogP contribution in [0.3, 0.4) is 0 Å². The Kier molecular flexibility index (Phi) is 6.00. The smallest absolute Gasteiger partial charge is 0.407 e. The van der Waals surface area contributed by atoms with Gasteiger partial charge in [0.05, 0.1) is 6.04 Å². The van der Waals surface area contributed by atoms with Gasteiger partial charge in [-0.05, 0) is 31.0 Å². The second-order valence-corrected chi connectivity index (χ2v) is 7.39. The SMILES string of the molecule is CC(CF)(Oc1ccc(C2CN(C(=O)CCC3COC(=O)N3)C2)cc1)C(F)F. The number of nitrogens with zero attached hydrogens (tertiary/aromatic N) is 1. The predicted molar refractivity (Wildman–Crippen MR) is 94.3 cm³/mol. The number of benzene rings is 1. The maximum atomic E-state index is 12.9. The molecule has 154 valence electrons. The fourth-order valence-electron chi connectivity index (χ4n) is 3.14. The van der Waals surface area contributed by atoms with E-state index in [9.17, 15) is 22.8 Å². The Hall–Kier alpha value is -2.45. The summed E-state index contributed by atoms with van der Waals surface area (Å²) in [7, 11) is 0. The summed E-state index contributed by atoms with van der Waals surface area (Å²) in [5.41, 5.74) is -1.20. The van der Waals surface area contributed by atoms with Crippen molar-refractivity contribution in [3.8, 4) is 5.75 Å². The second-order valence-electron chi connectivity index (χ2n) is 7.39. The van der Waals surface area contributed by atoms with E-state index in [4.69, 9.17) is 9.47 Å². The monoisotopic (exact) mass is 400 g/mol. The molecule has 1 N–H and O–H groups in total. The van der Waals surface area contributed by atoms with Crippen molar-refractivity contribution in [2.24, 2.45) is 0 Å². The standard InChI is InChI=1S/C19H23F3N2O4/c1-19(11-20,17(21)22)28-15-5-2-12(3-6-15)13-8-24(9-13)16(25)7-4-14-10-27-18(26)23-14/h2-3,5-6,13-14,17H,4,7-11H2,1H3,(H,23,26). The highest BCUT2D eigenvalue weighted by Crippen LogP contribution is 2.31. The number of cyclic esters (lactones) is 1. The summed E-state index contributed by atoms with van der Waals surface area (Å²) in [5, 5.41) is 2.64. The molecule has 0 radical (unpaired) electrons. The van der Waals surface area contributed by atoms with Gasteiger partial charge in [-0.15, -0.1) is 0 Å². The number of ether oxygens (including phenoxy) is 2. The number of carbonyl (C=O) groups excluding carboxylic acids is 2. The van der Waals surface area contributed by atoms with Gasteiger partial charge in [-0.1, -0.05) is 12.1 Å². The number of alkyl halides is 3. The molecule has 2 aliphatic rings. The van der Waals surface area contributed by atoms with Gasteiger partial charge in [-0.2, -0.15) is 0 Å². The van der Waals surface area contributed by atoms with Gasteiger partial charge in [0, 0.05) is 25.4 Å². The molecule has 0 aliphatic carbocycles. The molecular weight excluding hydrogens is 377 g/mol. The van der Waals surface area contributed by atoms with Crippen molar-refractivity contribution < 1.29 is 32.2 Å². The highest BCUT2D eigenvalue weighted by Gasteiger charge is 2.38. The maximum Gasteiger partial charge on any atom is 0.407 e. The zero-order valence-electron chi connectivity index (χ0n) is 15.5. The maximum absolute atomic E-state index is 12.9. The van der Waals surface area contributed by atoms with Crippen LogP contribution in [0.15, 0.2) is 24.3 Å². The Morgan fingerprint density at radius 2 is 2.04 bits per heavy atom. The topological polar surface area (TPSA) is 67.9 Å². The van der Waals surface area contributed by atoms with Crippen molar-refractivity contribution in [3.05, 3.63) is 29.8 Å². The fourth-order valence-corrected chi connectivity index (χ4v) is 3.14. The molecule has 2 aliphatic heterocycles. The van der Waals surface area contributed by atoms with Crippen LogP contribution >= 0.6 is 0 Å². The second kappa shape index (κ2) is 8.28. The van der Waals surface area contributed by atoms with Crippen molar-refractivity contribution in [3.63, 3.8) is 0 Å². The van der Waals surface area contributed by atoms with Gasteiger partial charge in [-0.3, -0.25) is 4.79 Å². The van der Waals surface area contributed by atoms with E-state index >= 15 is 0 Å². The third kappa shape index (κ3) is 4.51. The molecule has 0 saturated carbocycles. The highest BCUT2D eigenvalue weighted by molar-refractivity contribution is 5.77. The first-order valence-corrected chi connectivity index (χ1v) is 9.15. The Balaban J connectivity index is 1.45. The third-order valence-electron chi connectivity index (χ3n) is 5.11. The van der Waals surface area contributed by atoms with E-state index in [0.717, 1.165) is 12.5 Å². The van der Waals surface area contributed by atoms with Crippen LogP contribution in [0.25, 0.3) is 0 Å². The van der Waals surface area contributed by atoms with Crippen molar-refractivity contribution in [1.82, 2.24) is 10.2 Å². The largest absolute Gasteiger partial charge is 0.479 e. The molecule has 28 heavy (non-hydrogen) atoms. The van der Waals surface area contributed by atoms with Gasteiger partial charge in [0.15, 0.2) is 5.60 Å². The lowest BCUT2D eigenvalue weighted by Crippen LogP contribution is -2.48. The Morgan fingerprint density at radius 1 is 1.36 bits per heavy atom. The Bertz CT molecular complexity index is 710. The quantitative estimate of drug-likeness (QED) is 0.729. The van der Waals surface area contributed by atoms with E-state index in [1.165, 1.54) is 0 Å². The summed E-state index contributed by atoms with van der Waals surface area (Å²) in [5.74, 6) is 0.362. The van der Waals surface area contributed by atoms with Crippen LogP contribution in [-0.4, -0.2) is 61.3 Å². The van der Waals surface area contributed by atoms with Crippen molar-refractivity contribution in [1.29, 1.82) is 0 Å². The number of halogens is 3. The zero-order valence-corrected chi connectivity index (χ0v) is 15.5. The van der Waals surface area contributed by atoms with Gasteiger partial charge < -0.3 is 19.7 Å². The Morgan fingerprint density at radius 3 is 2.57 bits per heavy atom. The number of carbonyl (C=O) groups is 2. The summed E-state index contributed by atoms with van der Waals surface area (Å²) >= 11 is 0. The first-order chi connectivity index (χ1) is 13.3. The summed E-state index contributed by atoms with van der Waals surface area (Å²) in [4.78, 5) is 24.9. The minimum Gasteiger partial charge on any atom is -0.479 e. The van der Waals surface area contributed by atoms with Crippen molar-refractivity contribution in [2.45, 2.75) is 43.8 Å². The van der Waals surface area contributed by atoms with Crippen LogP contribution in [0, 0.1) is 0 Å². The third-order valence-corrected chi connectivity index (χ3v) is 5.11. The number of alkyl carbamates (subject to hydrolysis) is 1. The first-order valence-electron chi connectivity index (χ1n) is 9.15. The number of nitrogens with one attached hydrogen (secondary N) is 1. The molecule has 9 heteroatoms. The average molecular weight is 400 g/mol. The molecule has 1 aromatic rings. The van der Waals surface area contributed by atoms with Gasteiger partial charge in [0.1, 0.15) is 19.0 Å². The van der Waals surface area contributed by atoms with E-state index < -0.39 is 24.8 Å². The van der Waals surface area contributed by atoms with Crippen LogP contribution in [0.4, 0.5) is 18.0 Å². The summed E-state index contributed by atoms with van der Waals surface area (Å²) in [6, 6.07) is 6.45. The first kappa shape index (κ1) is 20.3. The molecule has 2 saturated heterocycles. The van der Waals surface area contributed by atoms with E-state index in [-0.39, 0.29) is 30.2 Å². The van der Waals surface area contributed by atoms with Gasteiger partial charge >= 0.3 is 6.09 Å². The molecule has 2 unspecified atom stereocenters. The number of amides is 2. The predicted octanol–water partition coefficient (Wildman–Crippen LogP) is 2.87. The lowest BCUT2D eigenvalue weighted by molar-refractivity contribution is -0.135. The van der Waals surface area contributed by atoms with Crippen molar-refractivity contribution >= 4 is 12.0 Å². The molecule has 3 rings (SSSR count). The molecule has 2 fully saturated rings. The minimum absolute atomic E-state index is 0.0213. The number of rotatable bonds is 8. The Labute approximate surface area is 161 Å². The van der Waals surface area contributed by atoms with E-state index in [1.54, 1.807) is 29.2 Å². The highest BCUT2D eigenvalue weighted by atomic mass is 19.3. The van der Waals surface area contributed by atoms with Crippen LogP contribution in [0.2, 0.25) is 0 Å². The lowest BCUT2D eigenvalue weighted by Gasteiger charge is -2.40. The molecule has 0 aromatic heterocycles. The minimum atomic E-state index is -2.94. The van der Waals surface area contributed by atoms with Gasteiger partial charge in [0.2, 0.25) is 5.91 Å². The molecular formula is C19H23F3N2O4. The van der Waals surface area contributed by atoms with Crippen LogP contribution < -0.4 is 10.1 Å². The molecule has 2 heterocycles.